The Morgan fingerprint density at radius 3 is 2.16 bits per heavy atom. The highest BCUT2D eigenvalue weighted by atomic mass is 16.5. The quantitative estimate of drug-likeness (QED) is 0.0452. The number of imide groups is 1. The van der Waals surface area contributed by atoms with Gasteiger partial charge in [0.2, 0.25) is 0 Å². The standard InChI is InChI=1S/C30H39N7O7/c1-4-17(2)24(34-29(41)37-36-23(25(38)27(40)43-3)14-9-15-33-28(31)32)26(39)35-30(42)44-16-22-20-12-7-5-10-18(20)19-11-6-8-13-21(19)22/h5-8,10-13,17,22-24,36H,4,9,14-16H2,1-3H3,(H4,31,32,33)(H2,34,37,41)(H,35,39,42)/t17-,23-,24-/m0/s1. The maximum absolute atomic E-state index is 13.1. The molecular weight excluding hydrogens is 570 g/mol. The molecule has 14 nitrogen and oxygen atoms in total. The first kappa shape index (κ1) is 33.5. The van der Waals surface area contributed by atoms with Gasteiger partial charge in [0.15, 0.2) is 5.96 Å². The van der Waals surface area contributed by atoms with E-state index in [9.17, 15) is 24.0 Å². The van der Waals surface area contributed by atoms with Crippen molar-refractivity contribution in [1.29, 1.82) is 0 Å². The molecule has 1 aliphatic rings. The molecule has 0 aliphatic heterocycles. The van der Waals surface area contributed by atoms with E-state index in [1.165, 1.54) is 0 Å². The molecule has 14 heteroatoms. The number of guanidine groups is 1. The molecule has 44 heavy (non-hydrogen) atoms. The van der Waals surface area contributed by atoms with Gasteiger partial charge < -0.3 is 26.3 Å². The highest BCUT2D eigenvalue weighted by Crippen LogP contribution is 2.44. The molecule has 0 heterocycles. The van der Waals surface area contributed by atoms with Crippen LogP contribution >= 0.6 is 0 Å². The van der Waals surface area contributed by atoms with E-state index < -0.39 is 41.9 Å². The zero-order valence-corrected chi connectivity index (χ0v) is 24.9. The average Bonchev–Trinajstić information content (AvgIpc) is 3.34. The van der Waals surface area contributed by atoms with Crippen LogP contribution in [0.4, 0.5) is 9.59 Å². The SMILES string of the molecule is CC[C@H](C)[C@H](NC(=O)NN[C@@H](CCCN=C(N)N)C(=O)C(=O)OC)C(=O)NC(=O)OCC1c2ccccc2-c2ccccc21. The molecule has 1 aliphatic carbocycles. The molecule has 0 saturated heterocycles. The second-order valence-electron chi connectivity index (χ2n) is 10.3. The minimum Gasteiger partial charge on any atom is -0.463 e. The lowest BCUT2D eigenvalue weighted by atomic mass is 9.98. The Kier molecular flexibility index (Phi) is 12.2. The Hall–Kier alpha value is -4.98. The Morgan fingerprint density at radius 2 is 1.59 bits per heavy atom. The number of Topliss-reactive ketones (excluding diaryl/α,β-unsaturated/α-hetero) is 1. The summed E-state index contributed by atoms with van der Waals surface area (Å²) in [6.45, 7) is 3.74. The molecule has 8 N–H and O–H groups in total. The number of amides is 4. The lowest BCUT2D eigenvalue weighted by molar-refractivity contribution is -0.152. The summed E-state index contributed by atoms with van der Waals surface area (Å²) in [5.74, 6) is -3.50. The first-order valence-electron chi connectivity index (χ1n) is 14.2. The third-order valence-corrected chi connectivity index (χ3v) is 7.36. The van der Waals surface area contributed by atoms with E-state index in [4.69, 9.17) is 16.2 Å². The van der Waals surface area contributed by atoms with Crippen LogP contribution in [0, 0.1) is 5.92 Å². The smallest absolute Gasteiger partial charge is 0.413 e. The summed E-state index contributed by atoms with van der Waals surface area (Å²) in [5, 5.41) is 4.71. The topological polar surface area (TPSA) is 216 Å². The average molecular weight is 610 g/mol. The summed E-state index contributed by atoms with van der Waals surface area (Å²) in [6, 6.07) is 12.6. The molecule has 236 valence electrons. The van der Waals surface area contributed by atoms with Crippen molar-refractivity contribution < 1.29 is 33.4 Å². The number of hydrogen-bond acceptors (Lipinski definition) is 9. The summed E-state index contributed by atoms with van der Waals surface area (Å²) in [7, 11) is 1.06. The van der Waals surface area contributed by atoms with E-state index in [2.05, 4.69) is 31.2 Å². The van der Waals surface area contributed by atoms with E-state index in [0.29, 0.717) is 12.8 Å². The number of methoxy groups -OCH3 is 1. The van der Waals surface area contributed by atoms with E-state index in [1.807, 2.05) is 55.5 Å². The minimum absolute atomic E-state index is 0.0117. The van der Waals surface area contributed by atoms with Gasteiger partial charge in [0.05, 0.1) is 13.2 Å². The maximum Gasteiger partial charge on any atom is 0.413 e. The predicted octanol–water partition coefficient (Wildman–Crippen LogP) is 1.43. The van der Waals surface area contributed by atoms with Crippen LogP contribution < -0.4 is 33.0 Å². The fourth-order valence-electron chi connectivity index (χ4n) is 4.86. The first-order valence-corrected chi connectivity index (χ1v) is 14.2. The van der Waals surface area contributed by atoms with Crippen LogP contribution in [0.15, 0.2) is 53.5 Å². The number of aliphatic imine (C=N–C) groups is 1. The third-order valence-electron chi connectivity index (χ3n) is 7.36. The summed E-state index contributed by atoms with van der Waals surface area (Å²) < 4.78 is 9.95. The molecule has 4 amide bonds. The van der Waals surface area contributed by atoms with Crippen LogP contribution in [0.3, 0.4) is 0 Å². The number of nitrogens with two attached hydrogens (primary N) is 2. The van der Waals surface area contributed by atoms with Crippen LogP contribution in [0.2, 0.25) is 0 Å². The number of benzene rings is 2. The van der Waals surface area contributed by atoms with E-state index in [0.717, 1.165) is 29.4 Å². The van der Waals surface area contributed by atoms with E-state index in [-0.39, 0.29) is 37.4 Å². The van der Waals surface area contributed by atoms with Crippen molar-refractivity contribution in [3.05, 3.63) is 59.7 Å². The minimum atomic E-state index is -1.15. The van der Waals surface area contributed by atoms with E-state index in [1.54, 1.807) is 6.92 Å². The van der Waals surface area contributed by atoms with Gasteiger partial charge in [-0.2, -0.15) is 0 Å². The zero-order chi connectivity index (χ0) is 32.2. The number of esters is 1. The molecule has 0 radical (unpaired) electrons. The van der Waals surface area contributed by atoms with Gasteiger partial charge in [0.1, 0.15) is 12.6 Å². The molecule has 0 aromatic heterocycles. The van der Waals surface area contributed by atoms with Crippen molar-refractivity contribution in [2.24, 2.45) is 22.4 Å². The van der Waals surface area contributed by atoms with Crippen LogP contribution in [0.5, 0.6) is 0 Å². The van der Waals surface area contributed by atoms with E-state index >= 15 is 0 Å². The van der Waals surface area contributed by atoms with Crippen LogP contribution in [0.25, 0.3) is 11.1 Å². The monoisotopic (exact) mass is 609 g/mol. The summed E-state index contributed by atoms with van der Waals surface area (Å²) in [4.78, 5) is 66.5. The van der Waals surface area contributed by atoms with Crippen molar-refractivity contribution in [3.8, 4) is 11.1 Å². The number of carbonyl (C=O) groups is 5. The number of nitrogens with zero attached hydrogens (tertiary/aromatic N) is 1. The first-order chi connectivity index (χ1) is 21.1. The molecule has 0 bridgehead atoms. The molecule has 3 rings (SSSR count). The highest BCUT2D eigenvalue weighted by Gasteiger charge is 2.32. The number of urea groups is 1. The van der Waals surface area contributed by atoms with Gasteiger partial charge in [-0.25, -0.2) is 19.8 Å². The maximum atomic E-state index is 13.1. The number of rotatable bonds is 14. The van der Waals surface area contributed by atoms with Crippen molar-refractivity contribution in [3.63, 3.8) is 0 Å². The molecular formula is C30H39N7O7. The van der Waals surface area contributed by atoms with Gasteiger partial charge in [-0.15, -0.1) is 0 Å². The van der Waals surface area contributed by atoms with Crippen molar-refractivity contribution in [2.45, 2.75) is 51.1 Å². The third kappa shape index (κ3) is 8.77. The predicted molar refractivity (Wildman–Crippen MR) is 162 cm³/mol. The summed E-state index contributed by atoms with van der Waals surface area (Å²) >= 11 is 0. The Balaban J connectivity index is 1.58. The summed E-state index contributed by atoms with van der Waals surface area (Å²) in [5.41, 5.74) is 19.5. The van der Waals surface area contributed by atoms with Crippen molar-refractivity contribution in [1.82, 2.24) is 21.5 Å². The molecule has 0 saturated carbocycles. The molecule has 0 fully saturated rings. The number of carbonyl (C=O) groups excluding carboxylic acids is 5. The lowest BCUT2D eigenvalue weighted by Gasteiger charge is -2.24. The fraction of sp³-hybridized carbons (Fsp3) is 0.400. The van der Waals surface area contributed by atoms with Gasteiger partial charge in [0, 0.05) is 12.5 Å². The molecule has 2 aromatic carbocycles. The fourth-order valence-corrected chi connectivity index (χ4v) is 4.86. The number of alkyl carbamates (subject to hydrolysis) is 1. The number of hydrogen-bond donors (Lipinski definition) is 6. The van der Waals surface area contributed by atoms with Crippen LogP contribution in [0.1, 0.15) is 50.2 Å². The molecule has 0 spiro atoms. The zero-order valence-electron chi connectivity index (χ0n) is 24.9. The number of nitrogens with one attached hydrogen (secondary N) is 4. The number of ether oxygens (including phenoxy) is 2. The lowest BCUT2D eigenvalue weighted by Crippen LogP contribution is -2.58. The van der Waals surface area contributed by atoms with Crippen LogP contribution in [-0.4, -0.2) is 68.1 Å². The second-order valence-corrected chi connectivity index (χ2v) is 10.3. The Bertz CT molecular complexity index is 1350. The van der Waals surface area contributed by atoms with Gasteiger partial charge in [0.25, 0.3) is 11.7 Å². The number of ketones is 1. The normalized spacial score (nSPS) is 13.7. The van der Waals surface area contributed by atoms with Crippen LogP contribution in [-0.2, 0) is 23.9 Å². The Morgan fingerprint density at radius 1 is 0.977 bits per heavy atom. The molecule has 2 aromatic rings. The second kappa shape index (κ2) is 16.0. The molecule has 0 unspecified atom stereocenters. The van der Waals surface area contributed by atoms with Gasteiger partial charge in [-0.1, -0.05) is 68.8 Å². The largest absolute Gasteiger partial charge is 0.463 e. The highest BCUT2D eigenvalue weighted by molar-refractivity contribution is 6.35. The Labute approximate surface area is 255 Å². The van der Waals surface area contributed by atoms with Gasteiger partial charge in [-0.3, -0.25) is 25.3 Å². The molecule has 3 atom stereocenters. The van der Waals surface area contributed by atoms with Gasteiger partial charge >= 0.3 is 18.1 Å². The van der Waals surface area contributed by atoms with Crippen molar-refractivity contribution >= 4 is 35.7 Å². The number of hydrazine groups is 1. The number of fused-ring (bicyclic) bond motifs is 3. The van der Waals surface area contributed by atoms with Crippen molar-refractivity contribution in [2.75, 3.05) is 20.3 Å². The summed E-state index contributed by atoms with van der Waals surface area (Å²) in [6.07, 6.45) is -0.0677. The van der Waals surface area contributed by atoms with Gasteiger partial charge in [-0.05, 0) is 41.0 Å².